The zero-order valence-electron chi connectivity index (χ0n) is 19.9. The van der Waals surface area contributed by atoms with Crippen LogP contribution in [0, 0.1) is 18.7 Å². The van der Waals surface area contributed by atoms with Crippen molar-refractivity contribution in [3.63, 3.8) is 0 Å². The third-order valence-electron chi connectivity index (χ3n) is 5.92. The number of aryl methyl sites for hydroxylation is 1. The lowest BCUT2D eigenvalue weighted by Crippen LogP contribution is -2.39. The van der Waals surface area contributed by atoms with Gasteiger partial charge in [0.2, 0.25) is 15.9 Å². The first-order chi connectivity index (χ1) is 17.3. The summed E-state index contributed by atoms with van der Waals surface area (Å²) in [5, 5.41) is 13.4. The third-order valence-corrected chi connectivity index (χ3v) is 6.83. The fourth-order valence-electron chi connectivity index (χ4n) is 3.93. The number of carbonyl (C=O) groups is 3. The number of nitrogens with one attached hydrogen (secondary N) is 2. The van der Waals surface area contributed by atoms with Crippen LogP contribution in [-0.4, -0.2) is 53.0 Å². The quantitative estimate of drug-likeness (QED) is 0.493. The van der Waals surface area contributed by atoms with Crippen LogP contribution < -0.4 is 15.4 Å². The smallest absolute Gasteiger partial charge is 0.286 e. The van der Waals surface area contributed by atoms with Gasteiger partial charge in [0.15, 0.2) is 0 Å². The summed E-state index contributed by atoms with van der Waals surface area (Å²) >= 11 is 0.935. The van der Waals surface area contributed by atoms with Crippen molar-refractivity contribution in [2.75, 3.05) is 30.8 Å². The lowest BCUT2D eigenvalue weighted by molar-refractivity contribution is -0.117. The van der Waals surface area contributed by atoms with E-state index in [1.165, 1.54) is 6.07 Å². The molecule has 0 atom stereocenters. The second kappa shape index (κ2) is 11.3. The molecule has 0 unspecified atom stereocenters. The molecule has 1 saturated heterocycles. The number of aromatic nitrogens is 2. The molecule has 1 aromatic heterocycles. The molecule has 2 N–H and O–H groups in total. The largest absolute Gasteiger partial charge is 0.497 e. The highest BCUT2D eigenvalue weighted by Gasteiger charge is 2.28. The minimum Gasteiger partial charge on any atom is -0.497 e. The number of likely N-dealkylation sites (tertiary alicyclic amines) is 1. The molecule has 36 heavy (non-hydrogen) atoms. The summed E-state index contributed by atoms with van der Waals surface area (Å²) in [6, 6.07) is 11.4. The molecule has 0 bridgehead atoms. The number of benzene rings is 2. The van der Waals surface area contributed by atoms with E-state index in [-0.39, 0.29) is 39.9 Å². The van der Waals surface area contributed by atoms with Gasteiger partial charge in [-0.3, -0.25) is 14.4 Å². The van der Waals surface area contributed by atoms with Crippen molar-refractivity contribution >= 4 is 40.4 Å². The van der Waals surface area contributed by atoms with Gasteiger partial charge in [0.25, 0.3) is 11.8 Å². The molecular weight excluding hydrogens is 485 g/mol. The van der Waals surface area contributed by atoms with E-state index in [0.29, 0.717) is 37.4 Å². The van der Waals surface area contributed by atoms with Gasteiger partial charge in [0.05, 0.1) is 12.8 Å². The highest BCUT2D eigenvalue weighted by molar-refractivity contribution is 7.15. The lowest BCUT2D eigenvalue weighted by atomic mass is 9.93. The number of piperidine rings is 1. The Hall–Kier alpha value is -3.86. The summed E-state index contributed by atoms with van der Waals surface area (Å²) in [6.07, 6.45) is 1.53. The second-order valence-electron chi connectivity index (χ2n) is 8.57. The second-order valence-corrected chi connectivity index (χ2v) is 9.54. The van der Waals surface area contributed by atoms with E-state index >= 15 is 0 Å². The van der Waals surface area contributed by atoms with Crippen molar-refractivity contribution in [3.05, 3.63) is 63.9 Å². The van der Waals surface area contributed by atoms with E-state index < -0.39 is 11.7 Å². The number of amides is 3. The van der Waals surface area contributed by atoms with Gasteiger partial charge < -0.3 is 20.3 Å². The van der Waals surface area contributed by atoms with Crippen molar-refractivity contribution < 1.29 is 23.5 Å². The molecule has 1 fully saturated rings. The molecule has 4 rings (SSSR count). The fraction of sp³-hybridized carbons (Fsp3) is 0.320. The summed E-state index contributed by atoms with van der Waals surface area (Å²) in [5.74, 6) is -0.708. The van der Waals surface area contributed by atoms with Crippen LogP contribution in [0.5, 0.6) is 5.75 Å². The van der Waals surface area contributed by atoms with Crippen LogP contribution in [-0.2, 0) is 4.79 Å². The maximum absolute atomic E-state index is 13.9. The minimum absolute atomic E-state index is 0.0853. The summed E-state index contributed by atoms with van der Waals surface area (Å²) < 4.78 is 19.0. The Morgan fingerprint density at radius 1 is 1.06 bits per heavy atom. The Kier molecular flexibility index (Phi) is 7.89. The Labute approximate surface area is 211 Å². The number of halogens is 1. The molecule has 0 saturated carbocycles. The molecule has 0 aliphatic carbocycles. The number of anilines is 2. The zero-order valence-corrected chi connectivity index (χ0v) is 20.7. The van der Waals surface area contributed by atoms with Gasteiger partial charge in [0.1, 0.15) is 11.6 Å². The van der Waals surface area contributed by atoms with Crippen LogP contribution in [0.25, 0.3) is 0 Å². The van der Waals surface area contributed by atoms with Crippen molar-refractivity contribution in [2.45, 2.75) is 26.2 Å². The van der Waals surface area contributed by atoms with Gasteiger partial charge in [-0.25, -0.2) is 4.39 Å². The Balaban J connectivity index is 1.26. The highest BCUT2D eigenvalue weighted by atomic mass is 32.1. The van der Waals surface area contributed by atoms with Crippen molar-refractivity contribution in [3.8, 4) is 5.75 Å². The van der Waals surface area contributed by atoms with Crippen LogP contribution in [0.3, 0.4) is 0 Å². The maximum atomic E-state index is 13.9. The predicted octanol–water partition coefficient (Wildman–Crippen LogP) is 4.13. The fourth-order valence-corrected chi connectivity index (χ4v) is 4.64. The third kappa shape index (κ3) is 6.22. The number of hydrogen-bond acceptors (Lipinski definition) is 7. The molecule has 3 amide bonds. The first kappa shape index (κ1) is 25.2. The zero-order chi connectivity index (χ0) is 25.7. The molecule has 0 radical (unpaired) electrons. The number of rotatable bonds is 7. The van der Waals surface area contributed by atoms with Gasteiger partial charge >= 0.3 is 0 Å². The van der Waals surface area contributed by atoms with E-state index in [4.69, 9.17) is 4.74 Å². The Morgan fingerprint density at radius 3 is 2.44 bits per heavy atom. The molecule has 2 aromatic carbocycles. The lowest BCUT2D eigenvalue weighted by Gasteiger charge is -2.31. The van der Waals surface area contributed by atoms with Gasteiger partial charge in [0, 0.05) is 25.2 Å². The number of carbonyl (C=O) groups excluding carboxylic acids is 3. The molecule has 0 spiro atoms. The molecule has 188 valence electrons. The van der Waals surface area contributed by atoms with Gasteiger partial charge in [-0.1, -0.05) is 17.4 Å². The summed E-state index contributed by atoms with van der Waals surface area (Å²) in [5.41, 5.74) is 1.60. The molecule has 3 aromatic rings. The van der Waals surface area contributed by atoms with Crippen molar-refractivity contribution in [1.29, 1.82) is 0 Å². The van der Waals surface area contributed by atoms with Crippen molar-refractivity contribution in [2.24, 2.45) is 5.92 Å². The van der Waals surface area contributed by atoms with E-state index in [1.807, 2.05) is 6.92 Å². The number of hydrogen-bond donors (Lipinski definition) is 2. The Bertz CT molecular complexity index is 1260. The van der Waals surface area contributed by atoms with Crippen molar-refractivity contribution in [1.82, 2.24) is 15.1 Å². The van der Waals surface area contributed by atoms with Crippen LogP contribution >= 0.6 is 11.3 Å². The maximum Gasteiger partial charge on any atom is 0.286 e. The molecule has 11 heteroatoms. The SMILES string of the molecule is COc1ccc(NC(=O)c2nnc(C(=O)N3CCC(CC(=O)Nc4cc(C)ccc4F)CC3)s2)cc1. The highest BCUT2D eigenvalue weighted by Crippen LogP contribution is 2.24. The molecule has 9 nitrogen and oxygen atoms in total. The van der Waals surface area contributed by atoms with E-state index in [1.54, 1.807) is 48.4 Å². The average molecular weight is 512 g/mol. The first-order valence-electron chi connectivity index (χ1n) is 11.5. The summed E-state index contributed by atoms with van der Waals surface area (Å²) in [6.45, 7) is 2.75. The van der Waals surface area contributed by atoms with E-state index in [2.05, 4.69) is 20.8 Å². The van der Waals surface area contributed by atoms with Crippen LogP contribution in [0.4, 0.5) is 15.8 Å². The Morgan fingerprint density at radius 2 is 1.75 bits per heavy atom. The first-order valence-corrected chi connectivity index (χ1v) is 12.3. The summed E-state index contributed by atoms with van der Waals surface area (Å²) in [4.78, 5) is 39.4. The topological polar surface area (TPSA) is 114 Å². The van der Waals surface area contributed by atoms with Gasteiger partial charge in [-0.05, 0) is 67.6 Å². The number of nitrogens with zero attached hydrogens (tertiary/aromatic N) is 3. The minimum atomic E-state index is -0.469. The molecule has 1 aliphatic rings. The molecule has 1 aliphatic heterocycles. The van der Waals surface area contributed by atoms with E-state index in [0.717, 1.165) is 16.9 Å². The van der Waals surface area contributed by atoms with Gasteiger partial charge in [-0.2, -0.15) is 0 Å². The van der Waals surface area contributed by atoms with Crippen LogP contribution in [0.2, 0.25) is 0 Å². The number of ether oxygens (including phenoxy) is 1. The normalized spacial score (nSPS) is 13.8. The van der Waals surface area contributed by atoms with Crippen LogP contribution in [0.15, 0.2) is 42.5 Å². The molecular formula is C25H26FN5O4S. The summed E-state index contributed by atoms with van der Waals surface area (Å²) in [7, 11) is 1.56. The monoisotopic (exact) mass is 511 g/mol. The van der Waals surface area contributed by atoms with Crippen LogP contribution in [0.1, 0.15) is 44.4 Å². The molecule has 2 heterocycles. The number of methoxy groups -OCH3 is 1. The van der Waals surface area contributed by atoms with Gasteiger partial charge in [-0.15, -0.1) is 10.2 Å². The predicted molar refractivity (Wildman–Crippen MR) is 134 cm³/mol. The standard InChI is InChI=1S/C25H26FN5O4S/c1-15-3-8-19(26)20(13-15)28-21(32)14-16-9-11-31(12-10-16)25(34)24-30-29-23(36-24)22(33)27-17-4-6-18(35-2)7-5-17/h3-8,13,16H,9-12,14H2,1-2H3,(H,27,33)(H,28,32). The average Bonchev–Trinajstić information content (AvgIpc) is 3.37. The van der Waals surface area contributed by atoms with E-state index in [9.17, 15) is 18.8 Å².